The molecular weight excluding hydrogens is 158 g/mol. The second-order valence-corrected chi connectivity index (χ2v) is 2.25. The van der Waals surface area contributed by atoms with Crippen LogP contribution in [0.25, 0.3) is 0 Å². The number of hydrogen-bond donors (Lipinski definition) is 1. The fourth-order valence-corrected chi connectivity index (χ4v) is 0.580. The highest BCUT2D eigenvalue weighted by molar-refractivity contribution is 5.84. The van der Waals surface area contributed by atoms with E-state index < -0.39 is 5.97 Å². The summed E-state index contributed by atoms with van der Waals surface area (Å²) in [5.74, 6) is -0.587. The summed E-state index contributed by atoms with van der Waals surface area (Å²) in [5.41, 5.74) is 0.494. The van der Waals surface area contributed by atoms with E-state index in [0.29, 0.717) is 12.1 Å². The summed E-state index contributed by atoms with van der Waals surface area (Å²) in [6.45, 7) is 3.37. The van der Waals surface area contributed by atoms with Gasteiger partial charge < -0.3 is 10.1 Å². The van der Waals surface area contributed by atoms with Crippen LogP contribution in [0.15, 0.2) is 11.8 Å². The lowest BCUT2D eigenvalue weighted by Crippen LogP contribution is -2.20. The number of rotatable bonds is 3. The number of carbonyl (C=O) groups excluding carboxylic acids is 2. The molecule has 0 saturated heterocycles. The van der Waals surface area contributed by atoms with E-state index in [-0.39, 0.29) is 5.91 Å². The van der Waals surface area contributed by atoms with Gasteiger partial charge >= 0.3 is 5.97 Å². The summed E-state index contributed by atoms with van der Waals surface area (Å²) in [6.07, 6.45) is 1.62. The zero-order valence-corrected chi connectivity index (χ0v) is 7.51. The van der Waals surface area contributed by atoms with E-state index >= 15 is 0 Å². The van der Waals surface area contributed by atoms with E-state index in [0.717, 1.165) is 0 Å². The molecule has 0 fully saturated rings. The maximum Gasteiger partial charge on any atom is 0.332 e. The Kier molecular flexibility index (Phi) is 4.76. The van der Waals surface area contributed by atoms with Crippen molar-refractivity contribution in [3.8, 4) is 0 Å². The van der Waals surface area contributed by atoms with Crippen molar-refractivity contribution in [1.82, 2.24) is 5.32 Å². The summed E-state index contributed by atoms with van der Waals surface area (Å²) in [4.78, 5) is 21.4. The van der Waals surface area contributed by atoms with Crippen molar-refractivity contribution in [2.24, 2.45) is 0 Å². The molecule has 12 heavy (non-hydrogen) atoms. The third-order valence-electron chi connectivity index (χ3n) is 1.19. The van der Waals surface area contributed by atoms with Gasteiger partial charge in [-0.25, -0.2) is 4.79 Å². The van der Waals surface area contributed by atoms with Crippen LogP contribution < -0.4 is 5.32 Å². The van der Waals surface area contributed by atoms with E-state index in [4.69, 9.17) is 0 Å². The molecule has 0 saturated carbocycles. The molecule has 0 aliphatic heterocycles. The summed E-state index contributed by atoms with van der Waals surface area (Å²) >= 11 is 0. The predicted octanol–water partition coefficient (Wildman–Crippen LogP) is 0.589. The molecule has 4 heteroatoms. The van der Waals surface area contributed by atoms with E-state index in [1.807, 2.05) is 0 Å². The number of nitrogens with one attached hydrogen (secondary N) is 1. The van der Waals surface area contributed by atoms with Crippen molar-refractivity contribution in [3.63, 3.8) is 0 Å². The summed E-state index contributed by atoms with van der Waals surface area (Å²) in [5, 5.41) is 2.52. The Morgan fingerprint density at radius 2 is 2.08 bits per heavy atom. The molecule has 0 aromatic carbocycles. The first-order valence-electron chi connectivity index (χ1n) is 3.66. The molecule has 0 aromatic heterocycles. The maximum atomic E-state index is 10.8. The number of ether oxygens (including phenoxy) is 1. The highest BCUT2D eigenvalue weighted by Gasteiger charge is 1.99. The number of carbonyl (C=O) groups is 2. The molecule has 0 spiro atoms. The van der Waals surface area contributed by atoms with Gasteiger partial charge in [0.05, 0.1) is 7.11 Å². The molecule has 0 radical (unpaired) electrons. The number of methoxy groups -OCH3 is 1. The summed E-state index contributed by atoms with van der Waals surface area (Å²) < 4.78 is 4.37. The van der Waals surface area contributed by atoms with Crippen LogP contribution in [0.1, 0.15) is 20.3 Å². The lowest BCUT2D eigenvalue weighted by molar-refractivity contribution is -0.134. The Morgan fingerprint density at radius 3 is 2.50 bits per heavy atom. The lowest BCUT2D eigenvalue weighted by atomic mass is 10.4. The molecule has 1 N–H and O–H groups in total. The van der Waals surface area contributed by atoms with E-state index in [2.05, 4.69) is 10.1 Å². The molecular formula is C8H13NO3. The molecule has 0 atom stereocenters. The van der Waals surface area contributed by atoms with Gasteiger partial charge in [-0.3, -0.25) is 4.79 Å². The van der Waals surface area contributed by atoms with Crippen LogP contribution in [-0.2, 0) is 14.3 Å². The number of esters is 1. The van der Waals surface area contributed by atoms with E-state index in [1.54, 1.807) is 13.8 Å². The maximum absolute atomic E-state index is 10.8. The minimum atomic E-state index is -0.469. The Labute approximate surface area is 71.6 Å². The molecule has 1 amide bonds. The zero-order chi connectivity index (χ0) is 9.56. The van der Waals surface area contributed by atoms with Crippen LogP contribution in [-0.4, -0.2) is 19.0 Å². The van der Waals surface area contributed by atoms with Crippen LogP contribution >= 0.6 is 0 Å². The van der Waals surface area contributed by atoms with Gasteiger partial charge in [-0.2, -0.15) is 0 Å². The molecule has 0 aliphatic rings. The van der Waals surface area contributed by atoms with Gasteiger partial charge in [0.1, 0.15) is 0 Å². The van der Waals surface area contributed by atoms with E-state index in [9.17, 15) is 9.59 Å². The minimum Gasteiger partial charge on any atom is -0.466 e. The van der Waals surface area contributed by atoms with Crippen LogP contribution in [0.3, 0.4) is 0 Å². The van der Waals surface area contributed by atoms with Crippen molar-refractivity contribution in [3.05, 3.63) is 11.8 Å². The SMILES string of the molecule is CCC(=O)NC(C)=CC(=O)OC. The highest BCUT2D eigenvalue weighted by Crippen LogP contribution is 1.89. The van der Waals surface area contributed by atoms with Gasteiger partial charge in [0, 0.05) is 18.2 Å². The Hall–Kier alpha value is -1.32. The highest BCUT2D eigenvalue weighted by atomic mass is 16.5. The van der Waals surface area contributed by atoms with Crippen LogP contribution in [0.2, 0.25) is 0 Å². The average molecular weight is 171 g/mol. The monoisotopic (exact) mass is 171 g/mol. The van der Waals surface area contributed by atoms with E-state index in [1.165, 1.54) is 13.2 Å². The van der Waals surface area contributed by atoms with Gasteiger partial charge in [-0.1, -0.05) is 6.92 Å². The summed E-state index contributed by atoms with van der Waals surface area (Å²) in [7, 11) is 1.29. The Balaban J connectivity index is 4.02. The Bertz CT molecular complexity index is 208. The first-order valence-corrected chi connectivity index (χ1v) is 3.66. The van der Waals surface area contributed by atoms with Crippen LogP contribution in [0.4, 0.5) is 0 Å². The minimum absolute atomic E-state index is 0.118. The second-order valence-electron chi connectivity index (χ2n) is 2.25. The number of amides is 1. The fraction of sp³-hybridized carbons (Fsp3) is 0.500. The van der Waals surface area contributed by atoms with Crippen molar-refractivity contribution >= 4 is 11.9 Å². The van der Waals surface area contributed by atoms with Crippen molar-refractivity contribution in [1.29, 1.82) is 0 Å². The lowest BCUT2D eigenvalue weighted by Gasteiger charge is -2.01. The van der Waals surface area contributed by atoms with Gasteiger partial charge in [0.2, 0.25) is 5.91 Å². The van der Waals surface area contributed by atoms with Crippen LogP contribution in [0.5, 0.6) is 0 Å². The normalized spacial score (nSPS) is 10.8. The summed E-state index contributed by atoms with van der Waals surface area (Å²) in [6, 6.07) is 0. The molecule has 68 valence electrons. The van der Waals surface area contributed by atoms with Crippen molar-refractivity contribution in [2.75, 3.05) is 7.11 Å². The predicted molar refractivity (Wildman–Crippen MR) is 44.2 cm³/mol. The van der Waals surface area contributed by atoms with Crippen LogP contribution in [0, 0.1) is 0 Å². The average Bonchev–Trinajstić information content (AvgIpc) is 2.03. The smallest absolute Gasteiger partial charge is 0.332 e. The zero-order valence-electron chi connectivity index (χ0n) is 7.51. The first-order chi connectivity index (χ1) is 5.60. The third kappa shape index (κ3) is 4.49. The molecule has 4 nitrogen and oxygen atoms in total. The molecule has 0 aromatic rings. The van der Waals surface area contributed by atoms with Crippen molar-refractivity contribution < 1.29 is 14.3 Å². The largest absolute Gasteiger partial charge is 0.466 e. The molecule has 0 bridgehead atoms. The quantitative estimate of drug-likeness (QED) is 0.499. The third-order valence-corrected chi connectivity index (χ3v) is 1.19. The second kappa shape index (κ2) is 5.35. The Morgan fingerprint density at radius 1 is 1.50 bits per heavy atom. The van der Waals surface area contributed by atoms with Gasteiger partial charge in [-0.15, -0.1) is 0 Å². The molecule has 0 heterocycles. The molecule has 0 aliphatic carbocycles. The van der Waals surface area contributed by atoms with Crippen molar-refractivity contribution in [2.45, 2.75) is 20.3 Å². The number of hydrogen-bond acceptors (Lipinski definition) is 3. The van der Waals surface area contributed by atoms with Gasteiger partial charge in [0.15, 0.2) is 0 Å². The first kappa shape index (κ1) is 10.7. The van der Waals surface area contributed by atoms with Gasteiger partial charge in [0.25, 0.3) is 0 Å². The number of allylic oxidation sites excluding steroid dienone is 1. The molecule has 0 unspecified atom stereocenters. The van der Waals surface area contributed by atoms with Gasteiger partial charge in [-0.05, 0) is 6.92 Å². The topological polar surface area (TPSA) is 55.4 Å². The fourth-order valence-electron chi connectivity index (χ4n) is 0.580. The standard InChI is InChI=1S/C8H13NO3/c1-4-7(10)9-6(2)5-8(11)12-3/h5H,4H2,1-3H3,(H,9,10). The molecule has 0 rings (SSSR count).